The minimum atomic E-state index is -0.700. The van der Waals surface area contributed by atoms with Crippen LogP contribution in [-0.2, 0) is 16.0 Å². The maximum atomic E-state index is 11.9. The number of rotatable bonds is 6. The molecule has 2 rings (SSSR count). The molecule has 0 aliphatic carbocycles. The molecule has 0 radical (unpaired) electrons. The molecule has 0 spiro atoms. The number of anilines is 1. The van der Waals surface area contributed by atoms with Gasteiger partial charge in [-0.1, -0.05) is 42.5 Å². The normalized spacial score (nSPS) is 9.96. The zero-order valence-electron chi connectivity index (χ0n) is 13.0. The van der Waals surface area contributed by atoms with E-state index in [0.717, 1.165) is 12.8 Å². The minimum Gasteiger partial charge on any atom is -0.495 e. The Morgan fingerprint density at radius 1 is 0.957 bits per heavy atom. The molecule has 2 aromatic carbocycles. The summed E-state index contributed by atoms with van der Waals surface area (Å²) in [4.78, 5) is 23.7. The molecule has 2 amide bonds. The Labute approximate surface area is 135 Å². The van der Waals surface area contributed by atoms with Crippen LogP contribution in [0.5, 0.6) is 5.75 Å². The average Bonchev–Trinajstić information content (AvgIpc) is 2.60. The minimum absolute atomic E-state index is 0.451. The van der Waals surface area contributed by atoms with E-state index in [2.05, 4.69) is 10.6 Å². The van der Waals surface area contributed by atoms with Crippen molar-refractivity contribution in [2.45, 2.75) is 12.8 Å². The first-order valence-electron chi connectivity index (χ1n) is 7.47. The van der Waals surface area contributed by atoms with Gasteiger partial charge in [0, 0.05) is 6.54 Å². The molecular weight excluding hydrogens is 292 g/mol. The highest BCUT2D eigenvalue weighted by Gasteiger charge is 2.14. The molecule has 0 saturated carbocycles. The Morgan fingerprint density at radius 2 is 1.65 bits per heavy atom. The third-order valence-electron chi connectivity index (χ3n) is 3.33. The first-order valence-corrected chi connectivity index (χ1v) is 7.47. The van der Waals surface area contributed by atoms with E-state index in [1.807, 2.05) is 30.3 Å². The molecule has 0 saturated heterocycles. The third-order valence-corrected chi connectivity index (χ3v) is 3.33. The smallest absolute Gasteiger partial charge is 0.313 e. The maximum absolute atomic E-state index is 11.9. The van der Waals surface area contributed by atoms with Gasteiger partial charge in [-0.2, -0.15) is 0 Å². The van der Waals surface area contributed by atoms with Crippen LogP contribution in [0.15, 0.2) is 54.6 Å². The topological polar surface area (TPSA) is 67.4 Å². The Hall–Kier alpha value is -2.82. The molecule has 0 atom stereocenters. The fourth-order valence-electron chi connectivity index (χ4n) is 2.15. The number of carbonyl (C=O) groups is 2. The molecule has 0 unspecified atom stereocenters. The summed E-state index contributed by atoms with van der Waals surface area (Å²) in [5.74, 6) is -0.837. The first-order chi connectivity index (χ1) is 11.2. The molecule has 5 heteroatoms. The second-order valence-electron chi connectivity index (χ2n) is 5.00. The van der Waals surface area contributed by atoms with Crippen LogP contribution in [-0.4, -0.2) is 25.5 Å². The van der Waals surface area contributed by atoms with E-state index in [0.29, 0.717) is 18.0 Å². The van der Waals surface area contributed by atoms with Crippen LogP contribution >= 0.6 is 0 Å². The van der Waals surface area contributed by atoms with Crippen molar-refractivity contribution in [1.82, 2.24) is 5.32 Å². The van der Waals surface area contributed by atoms with E-state index in [-0.39, 0.29) is 0 Å². The molecule has 5 nitrogen and oxygen atoms in total. The van der Waals surface area contributed by atoms with Crippen LogP contribution < -0.4 is 15.4 Å². The average molecular weight is 312 g/mol. The molecule has 0 aromatic heterocycles. The van der Waals surface area contributed by atoms with Gasteiger partial charge in [-0.15, -0.1) is 0 Å². The van der Waals surface area contributed by atoms with Gasteiger partial charge in [-0.3, -0.25) is 9.59 Å². The number of para-hydroxylation sites is 2. The number of hydrogen-bond acceptors (Lipinski definition) is 3. The van der Waals surface area contributed by atoms with Crippen molar-refractivity contribution in [2.75, 3.05) is 19.0 Å². The summed E-state index contributed by atoms with van der Waals surface area (Å²) in [6.07, 6.45) is 1.63. The Morgan fingerprint density at radius 3 is 2.39 bits per heavy atom. The number of nitrogens with one attached hydrogen (secondary N) is 2. The Kier molecular flexibility index (Phi) is 6.17. The second kappa shape index (κ2) is 8.58. The first kappa shape index (κ1) is 16.5. The molecule has 0 aliphatic heterocycles. The van der Waals surface area contributed by atoms with Gasteiger partial charge in [0.25, 0.3) is 0 Å². The summed E-state index contributed by atoms with van der Waals surface area (Å²) >= 11 is 0. The van der Waals surface area contributed by atoms with Crippen LogP contribution in [0.1, 0.15) is 12.0 Å². The highest BCUT2D eigenvalue weighted by Crippen LogP contribution is 2.22. The summed E-state index contributed by atoms with van der Waals surface area (Å²) in [6, 6.07) is 16.9. The Balaban J connectivity index is 1.76. The van der Waals surface area contributed by atoms with Gasteiger partial charge in [-0.05, 0) is 30.5 Å². The van der Waals surface area contributed by atoms with Crippen molar-refractivity contribution in [3.05, 3.63) is 60.2 Å². The molecule has 120 valence electrons. The van der Waals surface area contributed by atoms with Crippen LogP contribution in [0, 0.1) is 0 Å². The van der Waals surface area contributed by atoms with E-state index in [4.69, 9.17) is 4.74 Å². The molecule has 0 fully saturated rings. The molecule has 0 heterocycles. The lowest BCUT2D eigenvalue weighted by atomic mass is 10.1. The molecule has 0 bridgehead atoms. The van der Waals surface area contributed by atoms with Crippen molar-refractivity contribution in [3.63, 3.8) is 0 Å². The van der Waals surface area contributed by atoms with Gasteiger partial charge in [0.15, 0.2) is 0 Å². The fraction of sp³-hybridized carbons (Fsp3) is 0.222. The van der Waals surface area contributed by atoms with Crippen LogP contribution in [0.4, 0.5) is 5.69 Å². The highest BCUT2D eigenvalue weighted by atomic mass is 16.5. The van der Waals surface area contributed by atoms with Crippen molar-refractivity contribution in [1.29, 1.82) is 0 Å². The van der Waals surface area contributed by atoms with E-state index in [1.165, 1.54) is 12.7 Å². The number of amides is 2. The zero-order valence-corrected chi connectivity index (χ0v) is 13.0. The van der Waals surface area contributed by atoms with E-state index < -0.39 is 11.8 Å². The van der Waals surface area contributed by atoms with Crippen LogP contribution in [0.2, 0.25) is 0 Å². The maximum Gasteiger partial charge on any atom is 0.313 e. The standard InChI is InChI=1S/C18H20N2O3/c1-23-16-12-6-5-11-15(16)20-18(22)17(21)19-13-7-10-14-8-3-2-4-9-14/h2-6,8-9,11-12H,7,10,13H2,1H3,(H,19,21)(H,20,22). The Bertz CT molecular complexity index is 656. The number of ether oxygens (including phenoxy) is 1. The van der Waals surface area contributed by atoms with Gasteiger partial charge < -0.3 is 15.4 Å². The predicted octanol–water partition coefficient (Wildman–Crippen LogP) is 2.38. The number of methoxy groups -OCH3 is 1. The van der Waals surface area contributed by atoms with Gasteiger partial charge in [0.05, 0.1) is 12.8 Å². The van der Waals surface area contributed by atoms with Crippen molar-refractivity contribution < 1.29 is 14.3 Å². The summed E-state index contributed by atoms with van der Waals surface area (Å²) < 4.78 is 5.13. The summed E-state index contributed by atoms with van der Waals surface area (Å²) in [6.45, 7) is 0.451. The zero-order chi connectivity index (χ0) is 16.5. The largest absolute Gasteiger partial charge is 0.495 e. The van der Waals surface area contributed by atoms with Crippen molar-refractivity contribution in [3.8, 4) is 5.75 Å². The lowest BCUT2D eigenvalue weighted by molar-refractivity contribution is -0.136. The summed E-state index contributed by atoms with van der Waals surface area (Å²) in [5.41, 5.74) is 1.68. The number of benzene rings is 2. The van der Waals surface area contributed by atoms with Crippen LogP contribution in [0.3, 0.4) is 0 Å². The monoisotopic (exact) mass is 312 g/mol. The summed E-state index contributed by atoms with van der Waals surface area (Å²) in [7, 11) is 1.51. The predicted molar refractivity (Wildman–Crippen MR) is 89.4 cm³/mol. The number of aryl methyl sites for hydroxylation is 1. The van der Waals surface area contributed by atoms with Crippen molar-refractivity contribution >= 4 is 17.5 Å². The lowest BCUT2D eigenvalue weighted by Gasteiger charge is -2.10. The van der Waals surface area contributed by atoms with Gasteiger partial charge in [-0.25, -0.2) is 0 Å². The summed E-state index contributed by atoms with van der Waals surface area (Å²) in [5, 5.41) is 5.16. The molecule has 2 aromatic rings. The number of carbonyl (C=O) groups excluding carboxylic acids is 2. The van der Waals surface area contributed by atoms with Gasteiger partial charge >= 0.3 is 11.8 Å². The SMILES string of the molecule is COc1ccccc1NC(=O)C(=O)NCCCc1ccccc1. The highest BCUT2D eigenvalue weighted by molar-refractivity contribution is 6.39. The second-order valence-corrected chi connectivity index (χ2v) is 5.00. The quantitative estimate of drug-likeness (QED) is 0.636. The fourth-order valence-corrected chi connectivity index (χ4v) is 2.15. The molecule has 23 heavy (non-hydrogen) atoms. The van der Waals surface area contributed by atoms with Gasteiger partial charge in [0.1, 0.15) is 5.75 Å². The molecular formula is C18H20N2O3. The van der Waals surface area contributed by atoms with Crippen molar-refractivity contribution in [2.24, 2.45) is 0 Å². The molecule has 0 aliphatic rings. The third kappa shape index (κ3) is 5.14. The van der Waals surface area contributed by atoms with E-state index in [1.54, 1.807) is 24.3 Å². The van der Waals surface area contributed by atoms with E-state index in [9.17, 15) is 9.59 Å². The van der Waals surface area contributed by atoms with Gasteiger partial charge in [0.2, 0.25) is 0 Å². The molecule has 2 N–H and O–H groups in total. The van der Waals surface area contributed by atoms with Crippen LogP contribution in [0.25, 0.3) is 0 Å². The number of hydrogen-bond donors (Lipinski definition) is 2. The van der Waals surface area contributed by atoms with E-state index >= 15 is 0 Å². The lowest BCUT2D eigenvalue weighted by Crippen LogP contribution is -2.36.